The van der Waals surface area contributed by atoms with Crippen LogP contribution in [0, 0.1) is 18.8 Å². The van der Waals surface area contributed by atoms with E-state index in [1.165, 1.54) is 17.0 Å². The lowest BCUT2D eigenvalue weighted by molar-refractivity contribution is -0.122. The largest absolute Gasteiger partial charge is 0.452 e. The second-order valence-corrected chi connectivity index (χ2v) is 12.3. The van der Waals surface area contributed by atoms with Crippen LogP contribution in [0.2, 0.25) is 5.02 Å². The molecule has 0 radical (unpaired) electrons. The fourth-order valence-electron chi connectivity index (χ4n) is 6.86. The van der Waals surface area contributed by atoms with Crippen molar-refractivity contribution < 1.29 is 23.9 Å². The molecule has 0 spiro atoms. The molecule has 7 nitrogen and oxygen atoms in total. The number of benzene rings is 4. The van der Waals surface area contributed by atoms with Crippen molar-refractivity contribution in [2.45, 2.75) is 18.8 Å². The number of amides is 3. The smallest absolute Gasteiger partial charge is 0.338 e. The van der Waals surface area contributed by atoms with E-state index in [0.717, 1.165) is 27.8 Å². The second kappa shape index (κ2) is 10.5. The summed E-state index contributed by atoms with van der Waals surface area (Å²) in [5.41, 5.74) is 6.32. The Hall–Kier alpha value is -4.27. The maximum atomic E-state index is 13.9. The molecule has 1 N–H and O–H groups in total. The minimum absolute atomic E-state index is 0.191. The Labute approximate surface area is 260 Å². The zero-order chi connectivity index (χ0) is 30.0. The molecule has 0 saturated carbocycles. The Bertz CT molecular complexity index is 1740. The maximum Gasteiger partial charge on any atom is 0.338 e. The van der Waals surface area contributed by atoms with Gasteiger partial charge in [0, 0.05) is 22.0 Å². The van der Waals surface area contributed by atoms with E-state index in [4.69, 9.17) is 16.3 Å². The van der Waals surface area contributed by atoms with Gasteiger partial charge in [-0.2, -0.15) is 0 Å². The van der Waals surface area contributed by atoms with Gasteiger partial charge in [0.15, 0.2) is 6.61 Å². The van der Waals surface area contributed by atoms with Crippen LogP contribution in [0.4, 0.5) is 11.4 Å². The molecule has 0 unspecified atom stereocenters. The van der Waals surface area contributed by atoms with Gasteiger partial charge in [0.05, 0.1) is 28.1 Å². The van der Waals surface area contributed by atoms with Crippen molar-refractivity contribution in [1.29, 1.82) is 0 Å². The van der Waals surface area contributed by atoms with E-state index in [-0.39, 0.29) is 29.2 Å². The van der Waals surface area contributed by atoms with Crippen LogP contribution in [0.15, 0.2) is 89.4 Å². The molecule has 8 rings (SSSR count). The van der Waals surface area contributed by atoms with E-state index >= 15 is 0 Å². The summed E-state index contributed by atoms with van der Waals surface area (Å²) in [6, 6.07) is 25.7. The molecule has 3 amide bonds. The minimum Gasteiger partial charge on any atom is -0.452 e. The number of anilines is 2. The first-order valence-corrected chi connectivity index (χ1v) is 15.0. The zero-order valence-electron chi connectivity index (χ0n) is 22.8. The predicted octanol–water partition coefficient (Wildman–Crippen LogP) is 6.60. The van der Waals surface area contributed by atoms with Crippen LogP contribution in [0.25, 0.3) is 0 Å². The van der Waals surface area contributed by atoms with E-state index in [9.17, 15) is 19.2 Å². The van der Waals surface area contributed by atoms with Gasteiger partial charge in [-0.05, 0) is 87.1 Å². The zero-order valence-corrected chi connectivity index (χ0v) is 25.2. The number of nitrogens with zero attached hydrogens (tertiary/aromatic N) is 1. The first-order valence-electron chi connectivity index (χ1n) is 13.8. The Kier molecular flexibility index (Phi) is 6.71. The summed E-state index contributed by atoms with van der Waals surface area (Å²) >= 11 is 9.46. The van der Waals surface area contributed by atoms with Gasteiger partial charge in [0.1, 0.15) is 0 Å². The lowest BCUT2D eigenvalue weighted by atomic mass is 9.55. The Morgan fingerprint density at radius 3 is 1.86 bits per heavy atom. The van der Waals surface area contributed by atoms with E-state index in [1.54, 1.807) is 24.3 Å². The number of esters is 1. The van der Waals surface area contributed by atoms with Crippen molar-refractivity contribution in [1.82, 2.24) is 0 Å². The van der Waals surface area contributed by atoms with Gasteiger partial charge in [-0.25, -0.2) is 9.69 Å². The van der Waals surface area contributed by atoms with Crippen LogP contribution in [0.1, 0.15) is 50.0 Å². The molecule has 3 aliphatic carbocycles. The quantitative estimate of drug-likeness (QED) is 0.193. The number of hydrogen-bond donors (Lipinski definition) is 1. The topological polar surface area (TPSA) is 92.8 Å². The van der Waals surface area contributed by atoms with Crippen LogP contribution >= 0.6 is 27.5 Å². The van der Waals surface area contributed by atoms with Gasteiger partial charge in [0.25, 0.3) is 5.91 Å². The highest BCUT2D eigenvalue weighted by atomic mass is 79.9. The molecular weight excluding hydrogens is 632 g/mol. The third-order valence-corrected chi connectivity index (χ3v) is 9.88. The Balaban J connectivity index is 1.08. The fraction of sp³-hybridized carbons (Fsp3) is 0.176. The summed E-state index contributed by atoms with van der Waals surface area (Å²) in [5.74, 6) is -3.05. The van der Waals surface area contributed by atoms with E-state index < -0.39 is 30.3 Å². The summed E-state index contributed by atoms with van der Waals surface area (Å²) in [5, 5.41) is 3.13. The van der Waals surface area contributed by atoms with E-state index in [1.807, 2.05) is 31.2 Å². The van der Waals surface area contributed by atoms with Gasteiger partial charge in [-0.15, -0.1) is 0 Å². The normalized spacial score (nSPS) is 21.2. The summed E-state index contributed by atoms with van der Waals surface area (Å²) in [4.78, 5) is 54.2. The number of nitrogens with one attached hydrogen (secondary N) is 1. The third kappa shape index (κ3) is 4.39. The summed E-state index contributed by atoms with van der Waals surface area (Å²) in [6.45, 7) is 1.32. The molecule has 43 heavy (non-hydrogen) atoms. The molecule has 1 heterocycles. The number of ether oxygens (including phenoxy) is 1. The Morgan fingerprint density at radius 2 is 1.35 bits per heavy atom. The molecule has 214 valence electrons. The highest BCUT2D eigenvalue weighted by Gasteiger charge is 2.61. The number of imide groups is 1. The number of rotatable bonds is 5. The standard InChI is InChI=1S/C34H24BrClN2O5/c1-17-14-24(35)25(36)15-26(17)37-27(39)16-43-34(42)18-10-12-19(13-11-18)38-32(40)30-28-20-6-2-3-7-21(20)29(31(30)33(38)41)23-9-5-4-8-22(23)28/h2-15,28-31H,16H2,1H3,(H,37,39)/t28?,29?,30-,31+. The number of halogens is 2. The number of aryl methyl sites for hydroxylation is 1. The van der Waals surface area contributed by atoms with Crippen molar-refractivity contribution in [3.63, 3.8) is 0 Å². The highest BCUT2D eigenvalue weighted by Crippen LogP contribution is 2.61. The predicted molar refractivity (Wildman–Crippen MR) is 165 cm³/mol. The molecule has 1 saturated heterocycles. The van der Waals surface area contributed by atoms with Crippen molar-refractivity contribution >= 4 is 62.6 Å². The number of carbonyl (C=O) groups is 4. The molecule has 9 heteroatoms. The van der Waals surface area contributed by atoms with Crippen LogP contribution in [0.5, 0.6) is 0 Å². The van der Waals surface area contributed by atoms with Gasteiger partial charge >= 0.3 is 5.97 Å². The molecule has 1 aliphatic heterocycles. The van der Waals surface area contributed by atoms with E-state index in [0.29, 0.717) is 20.9 Å². The minimum atomic E-state index is -0.705. The molecule has 4 aromatic carbocycles. The van der Waals surface area contributed by atoms with Gasteiger partial charge in [-0.1, -0.05) is 60.1 Å². The number of hydrogen-bond acceptors (Lipinski definition) is 5. The first-order chi connectivity index (χ1) is 20.7. The first kappa shape index (κ1) is 27.6. The van der Waals surface area contributed by atoms with Crippen LogP contribution in [-0.2, 0) is 19.1 Å². The van der Waals surface area contributed by atoms with Gasteiger partial charge in [0.2, 0.25) is 11.8 Å². The lowest BCUT2D eigenvalue weighted by Gasteiger charge is -2.45. The second-order valence-electron chi connectivity index (χ2n) is 11.0. The molecule has 0 aromatic heterocycles. The number of carbonyl (C=O) groups excluding carboxylic acids is 4. The van der Waals surface area contributed by atoms with Crippen molar-refractivity contribution in [2.75, 3.05) is 16.8 Å². The average molecular weight is 656 g/mol. The highest BCUT2D eigenvalue weighted by molar-refractivity contribution is 9.10. The lowest BCUT2D eigenvalue weighted by Crippen LogP contribution is -2.41. The van der Waals surface area contributed by atoms with Crippen molar-refractivity contribution in [3.05, 3.63) is 128 Å². The monoisotopic (exact) mass is 654 g/mol. The van der Waals surface area contributed by atoms with Crippen LogP contribution in [-0.4, -0.2) is 30.3 Å². The van der Waals surface area contributed by atoms with Crippen molar-refractivity contribution in [2.24, 2.45) is 11.8 Å². The SMILES string of the molecule is Cc1cc(Br)c(Cl)cc1NC(=O)COC(=O)c1ccc(N2C(=O)[C@@H]3C4c5ccccc5C(c5ccccc54)[C@@H]3C2=O)cc1. The molecular formula is C34H24BrClN2O5. The molecule has 1 fully saturated rings. The fourth-order valence-corrected chi connectivity index (χ4v) is 7.48. The third-order valence-electron chi connectivity index (χ3n) is 8.69. The van der Waals surface area contributed by atoms with Crippen LogP contribution < -0.4 is 10.2 Å². The van der Waals surface area contributed by atoms with Crippen molar-refractivity contribution in [3.8, 4) is 0 Å². The van der Waals surface area contributed by atoms with E-state index in [2.05, 4.69) is 45.5 Å². The average Bonchev–Trinajstić information content (AvgIpc) is 3.28. The maximum absolute atomic E-state index is 13.9. The summed E-state index contributed by atoms with van der Waals surface area (Å²) < 4.78 is 5.91. The molecule has 2 bridgehead atoms. The van der Waals surface area contributed by atoms with Gasteiger partial charge < -0.3 is 10.1 Å². The van der Waals surface area contributed by atoms with Crippen LogP contribution in [0.3, 0.4) is 0 Å². The summed E-state index contributed by atoms with van der Waals surface area (Å²) in [7, 11) is 0. The molecule has 2 atom stereocenters. The van der Waals surface area contributed by atoms with Gasteiger partial charge in [-0.3, -0.25) is 14.4 Å². The molecule has 4 aliphatic rings. The molecule has 4 aromatic rings. The Morgan fingerprint density at radius 1 is 0.837 bits per heavy atom. The summed E-state index contributed by atoms with van der Waals surface area (Å²) in [6.07, 6.45) is 0.